The highest BCUT2D eigenvalue weighted by molar-refractivity contribution is 5.36. The van der Waals surface area contributed by atoms with Gasteiger partial charge >= 0.3 is 0 Å². The highest BCUT2D eigenvalue weighted by Crippen LogP contribution is 2.09. The lowest BCUT2D eigenvalue weighted by Gasteiger charge is -1.99. The number of nitrogens with zero attached hydrogens (tertiary/aromatic N) is 2. The number of nitrogen functional groups attached to an aromatic ring is 1. The van der Waals surface area contributed by atoms with E-state index in [2.05, 4.69) is 38.7 Å². The molecule has 1 aromatic heterocycles. The Morgan fingerprint density at radius 1 is 1.62 bits per heavy atom. The minimum Gasteiger partial charge on any atom is -0.368 e. The van der Waals surface area contributed by atoms with E-state index in [-0.39, 0.29) is 0 Å². The molecule has 4 N–H and O–H groups in total. The molecule has 13 heavy (non-hydrogen) atoms. The zero-order valence-electron chi connectivity index (χ0n) is 7.12. The molecule has 0 aromatic carbocycles. The van der Waals surface area contributed by atoms with Crippen LogP contribution < -0.4 is 11.1 Å². The van der Waals surface area contributed by atoms with Gasteiger partial charge in [-0.05, 0) is 12.0 Å². The highest BCUT2D eigenvalue weighted by atomic mass is 15.3. The van der Waals surface area contributed by atoms with Gasteiger partial charge in [0.1, 0.15) is 0 Å². The minimum atomic E-state index is 0.332. The molecule has 0 fully saturated rings. The average Bonchev–Trinajstić information content (AvgIpc) is 2.71. The third-order valence-electron chi connectivity index (χ3n) is 1.80. The fraction of sp³-hybridized carbons (Fsp3) is 0.250. The summed E-state index contributed by atoms with van der Waals surface area (Å²) in [6.07, 6.45) is 7.38. The maximum atomic E-state index is 5.36. The second-order valence-electron chi connectivity index (χ2n) is 2.81. The van der Waals surface area contributed by atoms with Crippen LogP contribution in [0.25, 0.3) is 0 Å². The predicted octanol–water partition coefficient (Wildman–Crippen LogP) is 0.685. The van der Waals surface area contributed by atoms with Crippen LogP contribution in [0, 0.1) is 0 Å². The first-order valence-corrected chi connectivity index (χ1v) is 4.12. The number of hydrogen-bond acceptors (Lipinski definition) is 4. The Labute approximate surface area is 75.7 Å². The Balaban J connectivity index is 1.89. The molecule has 0 unspecified atom stereocenters. The first kappa shape index (κ1) is 7.85. The van der Waals surface area contributed by atoms with Gasteiger partial charge in [-0.3, -0.25) is 0 Å². The monoisotopic (exact) mass is 177 g/mol. The Bertz CT molecular complexity index is 349. The molecule has 1 aromatic rings. The summed E-state index contributed by atoms with van der Waals surface area (Å²) in [4.78, 5) is 3.92. The second kappa shape index (κ2) is 3.30. The average molecular weight is 177 g/mol. The molecular formula is C8H11N5. The lowest BCUT2D eigenvalue weighted by atomic mass is 10.3. The van der Waals surface area contributed by atoms with Gasteiger partial charge in [0.15, 0.2) is 0 Å². The molecule has 0 amide bonds. The summed E-state index contributed by atoms with van der Waals surface area (Å²) < 4.78 is 0. The summed E-state index contributed by atoms with van der Waals surface area (Å²) >= 11 is 0. The number of nitrogens with one attached hydrogen (secondary N) is 2. The van der Waals surface area contributed by atoms with Crippen molar-refractivity contribution >= 4 is 11.9 Å². The number of aromatic nitrogens is 3. The van der Waals surface area contributed by atoms with E-state index in [1.54, 1.807) is 0 Å². The number of anilines is 2. The summed E-state index contributed by atoms with van der Waals surface area (Å²) in [6, 6.07) is 0. The summed E-state index contributed by atoms with van der Waals surface area (Å²) in [6.45, 7) is 0.744. The van der Waals surface area contributed by atoms with Crippen molar-refractivity contribution < 1.29 is 0 Å². The minimum absolute atomic E-state index is 0.332. The molecular weight excluding hydrogens is 166 g/mol. The van der Waals surface area contributed by atoms with Gasteiger partial charge in [-0.2, -0.15) is 4.98 Å². The van der Waals surface area contributed by atoms with E-state index in [1.807, 2.05) is 0 Å². The molecule has 2 rings (SSSR count). The quantitative estimate of drug-likeness (QED) is 0.634. The van der Waals surface area contributed by atoms with Crippen LogP contribution >= 0.6 is 0 Å². The number of aromatic amines is 1. The Morgan fingerprint density at radius 3 is 3.15 bits per heavy atom. The normalized spacial score (nSPS) is 14.6. The van der Waals surface area contributed by atoms with Gasteiger partial charge in [-0.1, -0.05) is 18.2 Å². The molecule has 0 saturated heterocycles. The number of H-pyrrole nitrogens is 1. The number of rotatable bonds is 3. The molecule has 1 aliphatic carbocycles. The predicted molar refractivity (Wildman–Crippen MR) is 51.1 cm³/mol. The Kier molecular flexibility index (Phi) is 1.99. The molecule has 68 valence electrons. The summed E-state index contributed by atoms with van der Waals surface area (Å²) in [5.41, 5.74) is 6.62. The molecule has 0 radical (unpaired) electrons. The van der Waals surface area contributed by atoms with Gasteiger partial charge in [0.2, 0.25) is 11.9 Å². The molecule has 0 spiro atoms. The Morgan fingerprint density at radius 2 is 2.54 bits per heavy atom. The molecule has 0 atom stereocenters. The molecule has 0 saturated carbocycles. The Hall–Kier alpha value is -1.78. The molecule has 0 bridgehead atoms. The lowest BCUT2D eigenvalue weighted by molar-refractivity contribution is 1.08. The van der Waals surface area contributed by atoms with Crippen LogP contribution in [0.1, 0.15) is 6.42 Å². The number of allylic oxidation sites excluding steroid dienone is 2. The van der Waals surface area contributed by atoms with Gasteiger partial charge in [-0.15, -0.1) is 5.10 Å². The van der Waals surface area contributed by atoms with Crippen LogP contribution in [0.4, 0.5) is 11.9 Å². The third-order valence-corrected chi connectivity index (χ3v) is 1.80. The van der Waals surface area contributed by atoms with E-state index in [4.69, 9.17) is 5.73 Å². The van der Waals surface area contributed by atoms with Crippen LogP contribution in [-0.2, 0) is 0 Å². The van der Waals surface area contributed by atoms with Crippen molar-refractivity contribution in [2.75, 3.05) is 17.6 Å². The van der Waals surface area contributed by atoms with Crippen molar-refractivity contribution in [2.45, 2.75) is 6.42 Å². The van der Waals surface area contributed by atoms with Crippen LogP contribution in [0.3, 0.4) is 0 Å². The van der Waals surface area contributed by atoms with Gasteiger partial charge in [0.05, 0.1) is 0 Å². The molecule has 5 heteroatoms. The molecule has 5 nitrogen and oxygen atoms in total. The van der Waals surface area contributed by atoms with E-state index in [9.17, 15) is 0 Å². The first-order chi connectivity index (χ1) is 6.34. The van der Waals surface area contributed by atoms with Crippen molar-refractivity contribution in [2.24, 2.45) is 0 Å². The van der Waals surface area contributed by atoms with Crippen LogP contribution in [-0.4, -0.2) is 21.7 Å². The van der Waals surface area contributed by atoms with Gasteiger partial charge in [0.25, 0.3) is 0 Å². The fourth-order valence-electron chi connectivity index (χ4n) is 1.17. The van der Waals surface area contributed by atoms with Crippen LogP contribution in [0.5, 0.6) is 0 Å². The van der Waals surface area contributed by atoms with Gasteiger partial charge < -0.3 is 11.1 Å². The molecule has 1 heterocycles. The summed E-state index contributed by atoms with van der Waals surface area (Å²) in [7, 11) is 0. The number of hydrogen-bond donors (Lipinski definition) is 3. The third kappa shape index (κ3) is 1.87. The smallest absolute Gasteiger partial charge is 0.243 e. The lowest BCUT2D eigenvalue weighted by Crippen LogP contribution is -2.04. The zero-order chi connectivity index (χ0) is 9.10. The fourth-order valence-corrected chi connectivity index (χ4v) is 1.17. The molecule has 0 aliphatic heterocycles. The largest absolute Gasteiger partial charge is 0.368 e. The van der Waals surface area contributed by atoms with E-state index >= 15 is 0 Å². The van der Waals surface area contributed by atoms with Gasteiger partial charge in [-0.25, -0.2) is 5.10 Å². The topological polar surface area (TPSA) is 79.6 Å². The first-order valence-electron chi connectivity index (χ1n) is 4.12. The summed E-state index contributed by atoms with van der Waals surface area (Å²) in [5, 5.41) is 9.47. The van der Waals surface area contributed by atoms with E-state index < -0.39 is 0 Å². The van der Waals surface area contributed by atoms with Crippen molar-refractivity contribution in [1.82, 2.24) is 15.2 Å². The number of nitrogens with two attached hydrogens (primary N) is 1. The van der Waals surface area contributed by atoms with E-state index in [0.29, 0.717) is 11.9 Å². The van der Waals surface area contributed by atoms with Crippen molar-refractivity contribution in [1.29, 1.82) is 0 Å². The maximum absolute atomic E-state index is 5.36. The van der Waals surface area contributed by atoms with Crippen molar-refractivity contribution in [3.63, 3.8) is 0 Å². The van der Waals surface area contributed by atoms with Gasteiger partial charge in [0, 0.05) is 6.54 Å². The van der Waals surface area contributed by atoms with Crippen LogP contribution in [0.2, 0.25) is 0 Å². The second-order valence-corrected chi connectivity index (χ2v) is 2.81. The standard InChI is InChI=1S/C8H11N5/c9-7-11-8(13-12-7)10-5-6-3-1-2-4-6/h1,3-4H,2,5H2,(H4,9,10,11,12,13). The SMILES string of the molecule is Nc1nc(NCC2=CCC=C2)n[nH]1. The maximum Gasteiger partial charge on any atom is 0.243 e. The zero-order valence-corrected chi connectivity index (χ0v) is 7.12. The van der Waals surface area contributed by atoms with Crippen LogP contribution in [0.15, 0.2) is 23.8 Å². The molecule has 1 aliphatic rings. The van der Waals surface area contributed by atoms with Crippen molar-refractivity contribution in [3.8, 4) is 0 Å². The van der Waals surface area contributed by atoms with Crippen molar-refractivity contribution in [3.05, 3.63) is 23.8 Å². The summed E-state index contributed by atoms with van der Waals surface area (Å²) in [5.74, 6) is 0.872. The van der Waals surface area contributed by atoms with E-state index in [0.717, 1.165) is 13.0 Å². The van der Waals surface area contributed by atoms with E-state index in [1.165, 1.54) is 5.57 Å². The highest BCUT2D eigenvalue weighted by Gasteiger charge is 2.00.